The molecule has 0 spiro atoms. The monoisotopic (exact) mass is 300 g/mol. The van der Waals surface area contributed by atoms with E-state index in [2.05, 4.69) is 17.9 Å². The molecule has 1 aliphatic rings. The quantitative estimate of drug-likeness (QED) is 0.579. The average Bonchev–Trinajstić information content (AvgIpc) is 2.98. The molecule has 7 nitrogen and oxygen atoms in total. The second kappa shape index (κ2) is 10.6. The predicted molar refractivity (Wildman–Crippen MR) is 73.5 cm³/mol. The molecule has 2 unspecified atom stereocenters. The fourth-order valence-electron chi connectivity index (χ4n) is 1.28. The number of carbonyl (C=O) groups is 3. The molecule has 1 heterocycles. The molecule has 1 rings (SSSR count). The highest BCUT2D eigenvalue weighted by molar-refractivity contribution is 5.84. The molecular weight excluding hydrogens is 280 g/mol. The highest BCUT2D eigenvalue weighted by Crippen LogP contribution is 2.11. The van der Waals surface area contributed by atoms with Gasteiger partial charge in [-0.3, -0.25) is 0 Å². The van der Waals surface area contributed by atoms with E-state index in [1.54, 1.807) is 0 Å². The van der Waals surface area contributed by atoms with Gasteiger partial charge in [0.05, 0.1) is 6.10 Å². The van der Waals surface area contributed by atoms with Crippen LogP contribution >= 0.6 is 0 Å². The third-order valence-electron chi connectivity index (χ3n) is 2.41. The number of rotatable bonds is 6. The number of carboxylic acids is 1. The van der Waals surface area contributed by atoms with Crippen LogP contribution in [0.25, 0.3) is 0 Å². The molecule has 2 atom stereocenters. The van der Waals surface area contributed by atoms with Gasteiger partial charge in [0, 0.05) is 18.8 Å². The first-order chi connectivity index (χ1) is 9.90. The van der Waals surface area contributed by atoms with Crippen molar-refractivity contribution >= 4 is 17.9 Å². The molecule has 0 bridgehead atoms. The van der Waals surface area contributed by atoms with Gasteiger partial charge >= 0.3 is 17.9 Å². The minimum atomic E-state index is -1.17. The standard InChI is InChI=1S/C8H12O3.C6H8O4/c1-2-8(9)11-6-7-4-3-5-10-7;1-3-5(7)10-4(2)6(8)9/h2,7H,1,3-6H2;3-4H,1H2,2H3,(H,8,9). The summed E-state index contributed by atoms with van der Waals surface area (Å²) in [4.78, 5) is 30.9. The minimum absolute atomic E-state index is 0.110. The zero-order valence-electron chi connectivity index (χ0n) is 11.9. The van der Waals surface area contributed by atoms with Gasteiger partial charge in [-0.2, -0.15) is 0 Å². The molecular formula is C14H20O7. The van der Waals surface area contributed by atoms with E-state index in [4.69, 9.17) is 14.6 Å². The fourth-order valence-corrected chi connectivity index (χ4v) is 1.28. The van der Waals surface area contributed by atoms with Gasteiger partial charge < -0.3 is 19.3 Å². The average molecular weight is 300 g/mol. The van der Waals surface area contributed by atoms with Crippen LogP contribution in [-0.2, 0) is 28.6 Å². The van der Waals surface area contributed by atoms with E-state index in [1.165, 1.54) is 6.92 Å². The predicted octanol–water partition coefficient (Wildman–Crippen LogP) is 1.08. The van der Waals surface area contributed by atoms with Crippen LogP contribution in [0.15, 0.2) is 25.3 Å². The van der Waals surface area contributed by atoms with Crippen molar-refractivity contribution in [1.29, 1.82) is 0 Å². The summed E-state index contributed by atoms with van der Waals surface area (Å²) < 4.78 is 14.3. The third-order valence-corrected chi connectivity index (χ3v) is 2.41. The number of hydrogen-bond donors (Lipinski definition) is 1. The Balaban J connectivity index is 0.000000384. The van der Waals surface area contributed by atoms with Crippen LogP contribution in [0.4, 0.5) is 0 Å². The lowest BCUT2D eigenvalue weighted by atomic mass is 10.2. The van der Waals surface area contributed by atoms with Crippen LogP contribution < -0.4 is 0 Å². The van der Waals surface area contributed by atoms with Crippen molar-refractivity contribution in [2.75, 3.05) is 13.2 Å². The van der Waals surface area contributed by atoms with E-state index in [0.717, 1.165) is 31.6 Å². The fraction of sp³-hybridized carbons (Fsp3) is 0.500. The van der Waals surface area contributed by atoms with Gasteiger partial charge in [-0.15, -0.1) is 0 Å². The van der Waals surface area contributed by atoms with Crippen molar-refractivity contribution in [3.8, 4) is 0 Å². The number of hydrogen-bond acceptors (Lipinski definition) is 6. The lowest BCUT2D eigenvalue weighted by molar-refractivity contribution is -0.159. The Morgan fingerprint density at radius 3 is 2.38 bits per heavy atom. The maximum absolute atomic E-state index is 10.6. The van der Waals surface area contributed by atoms with Crippen molar-refractivity contribution in [2.45, 2.75) is 32.0 Å². The van der Waals surface area contributed by atoms with Crippen molar-refractivity contribution < 1.29 is 33.7 Å². The number of carboxylic acid groups (broad SMARTS) is 1. The van der Waals surface area contributed by atoms with Crippen molar-refractivity contribution in [3.63, 3.8) is 0 Å². The van der Waals surface area contributed by atoms with Crippen LogP contribution in [-0.4, -0.2) is 48.4 Å². The van der Waals surface area contributed by atoms with Crippen LogP contribution in [0.2, 0.25) is 0 Å². The van der Waals surface area contributed by atoms with Crippen LogP contribution in [0, 0.1) is 0 Å². The summed E-state index contributed by atoms with van der Waals surface area (Å²) in [5.41, 5.74) is 0. The zero-order valence-corrected chi connectivity index (χ0v) is 11.9. The molecule has 0 saturated carbocycles. The van der Waals surface area contributed by atoms with Gasteiger partial charge in [0.25, 0.3) is 0 Å². The first-order valence-electron chi connectivity index (χ1n) is 6.37. The Labute approximate surface area is 123 Å². The molecule has 0 aromatic heterocycles. The van der Waals surface area contributed by atoms with Gasteiger partial charge in [-0.25, -0.2) is 14.4 Å². The molecule has 0 aliphatic carbocycles. The van der Waals surface area contributed by atoms with E-state index in [-0.39, 0.29) is 12.1 Å². The van der Waals surface area contributed by atoms with E-state index in [0.29, 0.717) is 6.61 Å². The largest absolute Gasteiger partial charge is 0.479 e. The number of aliphatic carboxylic acids is 1. The van der Waals surface area contributed by atoms with Crippen LogP contribution in [0.5, 0.6) is 0 Å². The van der Waals surface area contributed by atoms with Gasteiger partial charge in [0.2, 0.25) is 0 Å². The Hall–Kier alpha value is -2.15. The molecule has 0 aromatic carbocycles. The smallest absolute Gasteiger partial charge is 0.344 e. The Morgan fingerprint density at radius 2 is 1.95 bits per heavy atom. The summed E-state index contributed by atoms with van der Waals surface area (Å²) in [6.07, 6.45) is 3.14. The maximum Gasteiger partial charge on any atom is 0.344 e. The SMILES string of the molecule is C=CC(=O)OC(C)C(=O)O.C=CC(=O)OCC1CCCO1. The van der Waals surface area contributed by atoms with Crippen LogP contribution in [0.1, 0.15) is 19.8 Å². The second-order valence-corrected chi connectivity index (χ2v) is 4.09. The summed E-state index contributed by atoms with van der Waals surface area (Å²) in [5.74, 6) is -2.27. The lowest BCUT2D eigenvalue weighted by Gasteiger charge is -2.07. The van der Waals surface area contributed by atoms with E-state index < -0.39 is 18.0 Å². The summed E-state index contributed by atoms with van der Waals surface area (Å²) in [5, 5.41) is 8.21. The van der Waals surface area contributed by atoms with E-state index >= 15 is 0 Å². The number of esters is 2. The molecule has 0 radical (unpaired) electrons. The zero-order chi connectivity index (χ0) is 16.3. The third kappa shape index (κ3) is 9.39. The minimum Gasteiger partial charge on any atom is -0.479 e. The summed E-state index contributed by atoms with van der Waals surface area (Å²) in [6.45, 7) is 8.82. The first kappa shape index (κ1) is 18.9. The highest BCUT2D eigenvalue weighted by Gasteiger charge is 2.16. The molecule has 118 valence electrons. The Bertz CT molecular complexity index is 383. The number of carbonyl (C=O) groups excluding carboxylic acids is 2. The molecule has 7 heteroatoms. The summed E-state index contributed by atoms with van der Waals surface area (Å²) >= 11 is 0. The van der Waals surface area contributed by atoms with Crippen molar-refractivity contribution in [2.24, 2.45) is 0 Å². The molecule has 1 saturated heterocycles. The maximum atomic E-state index is 10.6. The van der Waals surface area contributed by atoms with Gasteiger partial charge in [-0.05, 0) is 19.8 Å². The van der Waals surface area contributed by atoms with Gasteiger partial charge in [0.1, 0.15) is 6.61 Å². The first-order valence-corrected chi connectivity index (χ1v) is 6.37. The number of ether oxygens (including phenoxy) is 3. The normalized spacial score (nSPS) is 17.7. The molecule has 21 heavy (non-hydrogen) atoms. The van der Waals surface area contributed by atoms with Crippen molar-refractivity contribution in [3.05, 3.63) is 25.3 Å². The van der Waals surface area contributed by atoms with Gasteiger partial charge in [-0.1, -0.05) is 13.2 Å². The van der Waals surface area contributed by atoms with Crippen LogP contribution in [0.3, 0.4) is 0 Å². The molecule has 1 N–H and O–H groups in total. The molecule has 1 aliphatic heterocycles. The van der Waals surface area contributed by atoms with Crippen molar-refractivity contribution in [1.82, 2.24) is 0 Å². The van der Waals surface area contributed by atoms with E-state index in [9.17, 15) is 14.4 Å². The van der Waals surface area contributed by atoms with E-state index in [1.807, 2.05) is 0 Å². The Morgan fingerprint density at radius 1 is 1.33 bits per heavy atom. The summed E-state index contributed by atoms with van der Waals surface area (Å²) in [7, 11) is 0. The summed E-state index contributed by atoms with van der Waals surface area (Å²) in [6, 6.07) is 0. The second-order valence-electron chi connectivity index (χ2n) is 4.09. The molecule has 1 fully saturated rings. The topological polar surface area (TPSA) is 99.1 Å². The molecule has 0 aromatic rings. The molecule has 0 amide bonds. The lowest BCUT2D eigenvalue weighted by Crippen LogP contribution is -2.22. The highest BCUT2D eigenvalue weighted by atomic mass is 16.6. The Kier molecular flexibility index (Phi) is 9.53. The van der Waals surface area contributed by atoms with Gasteiger partial charge in [0.15, 0.2) is 6.10 Å².